The maximum atomic E-state index is 5.06. The van der Waals surface area contributed by atoms with Gasteiger partial charge in [-0.3, -0.25) is 0 Å². The van der Waals surface area contributed by atoms with Crippen LogP contribution in [0.3, 0.4) is 0 Å². The highest BCUT2D eigenvalue weighted by molar-refractivity contribution is 5.21. The van der Waals surface area contributed by atoms with Gasteiger partial charge in [-0.05, 0) is 32.4 Å². The van der Waals surface area contributed by atoms with E-state index in [1.807, 2.05) is 0 Å². The van der Waals surface area contributed by atoms with Gasteiger partial charge in [-0.25, -0.2) is 0 Å². The number of rotatable bonds is 6. The molecule has 0 aliphatic rings. The molecule has 0 spiro atoms. The van der Waals surface area contributed by atoms with Gasteiger partial charge in [0.1, 0.15) is 0 Å². The van der Waals surface area contributed by atoms with E-state index in [-0.39, 0.29) is 0 Å². The van der Waals surface area contributed by atoms with E-state index in [1.165, 1.54) is 11.1 Å². The molecular weight excluding hydrogens is 186 g/mol. The van der Waals surface area contributed by atoms with Gasteiger partial charge in [-0.2, -0.15) is 0 Å². The van der Waals surface area contributed by atoms with Crippen LogP contribution >= 0.6 is 0 Å². The minimum Gasteiger partial charge on any atom is -0.383 e. The third kappa shape index (κ3) is 4.96. The predicted octanol–water partition coefficient (Wildman–Crippen LogP) is 2.16. The van der Waals surface area contributed by atoms with Gasteiger partial charge in [0.2, 0.25) is 0 Å². The molecule has 0 radical (unpaired) electrons. The third-order valence-electron chi connectivity index (χ3n) is 2.44. The second kappa shape index (κ2) is 6.59. The van der Waals surface area contributed by atoms with Crippen LogP contribution in [0.2, 0.25) is 0 Å². The van der Waals surface area contributed by atoms with Crippen molar-refractivity contribution in [3.63, 3.8) is 0 Å². The Kier molecular flexibility index (Phi) is 5.37. The Morgan fingerprint density at radius 1 is 1.27 bits per heavy atom. The fraction of sp³-hybridized carbons (Fsp3) is 0.538. The average Bonchev–Trinajstić information content (AvgIpc) is 2.21. The number of aryl methyl sites for hydroxylation is 1. The number of benzene rings is 1. The van der Waals surface area contributed by atoms with Crippen molar-refractivity contribution < 1.29 is 4.74 Å². The number of hydrogen-bond donors (Lipinski definition) is 1. The molecule has 0 aliphatic carbocycles. The van der Waals surface area contributed by atoms with Crippen molar-refractivity contribution in [3.8, 4) is 0 Å². The summed E-state index contributed by atoms with van der Waals surface area (Å²) < 4.78 is 5.06. The summed E-state index contributed by atoms with van der Waals surface area (Å²) in [5, 5.41) is 3.42. The molecule has 0 saturated heterocycles. The lowest BCUT2D eigenvalue weighted by atomic mass is 10.1. The summed E-state index contributed by atoms with van der Waals surface area (Å²) in [6.45, 7) is 6.03. The predicted molar refractivity (Wildman–Crippen MR) is 64.2 cm³/mol. The van der Waals surface area contributed by atoms with Gasteiger partial charge in [0.15, 0.2) is 0 Å². The maximum absolute atomic E-state index is 5.06. The van der Waals surface area contributed by atoms with E-state index in [4.69, 9.17) is 4.74 Å². The highest BCUT2D eigenvalue weighted by Gasteiger charge is 1.99. The number of nitrogens with one attached hydrogen (secondary N) is 1. The smallest absolute Gasteiger partial charge is 0.0613 e. The Labute approximate surface area is 92.6 Å². The standard InChI is InChI=1S/C13H21NO/c1-11-4-6-13(7-5-11)8-9-14-12(2)10-15-3/h4-7,12,14H,8-10H2,1-3H3/t12-/m1/s1. The molecule has 0 fully saturated rings. The van der Waals surface area contributed by atoms with Crippen molar-refractivity contribution in [1.82, 2.24) is 5.32 Å². The maximum Gasteiger partial charge on any atom is 0.0613 e. The summed E-state index contributed by atoms with van der Waals surface area (Å²) >= 11 is 0. The highest BCUT2D eigenvalue weighted by Crippen LogP contribution is 2.03. The highest BCUT2D eigenvalue weighted by atomic mass is 16.5. The molecule has 2 heteroatoms. The number of hydrogen-bond acceptors (Lipinski definition) is 2. The summed E-state index contributed by atoms with van der Waals surface area (Å²) in [6, 6.07) is 9.14. The van der Waals surface area contributed by atoms with Crippen LogP contribution in [-0.4, -0.2) is 26.3 Å². The summed E-state index contributed by atoms with van der Waals surface area (Å²) in [5.41, 5.74) is 2.71. The Morgan fingerprint density at radius 3 is 2.53 bits per heavy atom. The molecule has 0 unspecified atom stereocenters. The summed E-state index contributed by atoms with van der Waals surface area (Å²) in [4.78, 5) is 0. The lowest BCUT2D eigenvalue weighted by Crippen LogP contribution is -2.31. The van der Waals surface area contributed by atoms with Gasteiger partial charge < -0.3 is 10.1 Å². The molecule has 0 aromatic heterocycles. The van der Waals surface area contributed by atoms with E-state index < -0.39 is 0 Å². The molecule has 1 atom stereocenters. The first-order chi connectivity index (χ1) is 7.22. The lowest BCUT2D eigenvalue weighted by molar-refractivity contribution is 0.172. The molecule has 0 saturated carbocycles. The molecular formula is C13H21NO. The monoisotopic (exact) mass is 207 g/mol. The fourth-order valence-electron chi connectivity index (χ4n) is 1.53. The Balaban J connectivity index is 2.22. The van der Waals surface area contributed by atoms with Gasteiger partial charge >= 0.3 is 0 Å². The first-order valence-corrected chi connectivity index (χ1v) is 5.50. The van der Waals surface area contributed by atoms with Crippen molar-refractivity contribution >= 4 is 0 Å². The topological polar surface area (TPSA) is 21.3 Å². The lowest BCUT2D eigenvalue weighted by Gasteiger charge is -2.12. The average molecular weight is 207 g/mol. The Morgan fingerprint density at radius 2 is 1.93 bits per heavy atom. The van der Waals surface area contributed by atoms with Crippen LogP contribution < -0.4 is 5.32 Å². The van der Waals surface area contributed by atoms with Crippen LogP contribution in [-0.2, 0) is 11.2 Å². The van der Waals surface area contributed by atoms with Crippen LogP contribution in [0, 0.1) is 6.92 Å². The molecule has 2 nitrogen and oxygen atoms in total. The summed E-state index contributed by atoms with van der Waals surface area (Å²) in [5.74, 6) is 0. The second-order valence-electron chi connectivity index (χ2n) is 4.05. The first kappa shape index (κ1) is 12.2. The summed E-state index contributed by atoms with van der Waals surface area (Å²) in [6.07, 6.45) is 1.08. The molecule has 0 bridgehead atoms. The van der Waals surface area contributed by atoms with E-state index >= 15 is 0 Å². The zero-order valence-corrected chi connectivity index (χ0v) is 9.92. The van der Waals surface area contributed by atoms with Crippen LogP contribution in [0.5, 0.6) is 0 Å². The van der Waals surface area contributed by atoms with E-state index in [0.29, 0.717) is 6.04 Å². The number of ether oxygens (including phenoxy) is 1. The van der Waals surface area contributed by atoms with Crippen molar-refractivity contribution in [2.24, 2.45) is 0 Å². The SMILES string of the molecule is COC[C@@H](C)NCCc1ccc(C)cc1. The minimum absolute atomic E-state index is 0.431. The van der Waals surface area contributed by atoms with E-state index in [0.717, 1.165) is 19.6 Å². The molecule has 1 rings (SSSR count). The molecule has 0 aliphatic heterocycles. The molecule has 0 amide bonds. The largest absolute Gasteiger partial charge is 0.383 e. The van der Waals surface area contributed by atoms with Crippen molar-refractivity contribution in [3.05, 3.63) is 35.4 Å². The molecule has 1 N–H and O–H groups in total. The zero-order valence-electron chi connectivity index (χ0n) is 9.92. The quantitative estimate of drug-likeness (QED) is 0.772. The van der Waals surface area contributed by atoms with E-state index in [1.54, 1.807) is 7.11 Å². The fourth-order valence-corrected chi connectivity index (χ4v) is 1.53. The van der Waals surface area contributed by atoms with Crippen LogP contribution in [0.4, 0.5) is 0 Å². The molecule has 1 aromatic rings. The van der Waals surface area contributed by atoms with E-state index in [9.17, 15) is 0 Å². The molecule has 1 aromatic carbocycles. The zero-order chi connectivity index (χ0) is 11.1. The first-order valence-electron chi connectivity index (χ1n) is 5.50. The molecule has 15 heavy (non-hydrogen) atoms. The van der Waals surface area contributed by atoms with Crippen molar-refractivity contribution in [2.45, 2.75) is 26.3 Å². The molecule has 84 valence electrons. The third-order valence-corrected chi connectivity index (χ3v) is 2.44. The Bertz CT molecular complexity index is 268. The van der Waals surface area contributed by atoms with Gasteiger partial charge in [-0.15, -0.1) is 0 Å². The van der Waals surface area contributed by atoms with Gasteiger partial charge in [0.05, 0.1) is 6.61 Å². The van der Waals surface area contributed by atoms with Gasteiger partial charge in [0.25, 0.3) is 0 Å². The van der Waals surface area contributed by atoms with Crippen LogP contribution in [0.15, 0.2) is 24.3 Å². The minimum atomic E-state index is 0.431. The molecule has 0 heterocycles. The van der Waals surface area contributed by atoms with Crippen LogP contribution in [0.25, 0.3) is 0 Å². The normalized spacial score (nSPS) is 12.7. The van der Waals surface area contributed by atoms with Gasteiger partial charge in [0, 0.05) is 13.2 Å². The van der Waals surface area contributed by atoms with Crippen LogP contribution in [0.1, 0.15) is 18.1 Å². The van der Waals surface area contributed by atoms with Crippen molar-refractivity contribution in [2.75, 3.05) is 20.3 Å². The number of methoxy groups -OCH3 is 1. The van der Waals surface area contributed by atoms with Crippen molar-refractivity contribution in [1.29, 1.82) is 0 Å². The Hall–Kier alpha value is -0.860. The second-order valence-corrected chi connectivity index (χ2v) is 4.05. The van der Waals surface area contributed by atoms with Gasteiger partial charge in [-0.1, -0.05) is 29.8 Å². The summed E-state index contributed by atoms with van der Waals surface area (Å²) in [7, 11) is 1.73. The van der Waals surface area contributed by atoms with E-state index in [2.05, 4.69) is 43.4 Å².